The quantitative estimate of drug-likeness (QED) is 0.867. The maximum atomic E-state index is 12.7. The zero-order chi connectivity index (χ0) is 15.2. The molecule has 22 heavy (non-hydrogen) atoms. The number of carbonyl (C=O) groups is 1. The van der Waals surface area contributed by atoms with Crippen LogP contribution in [0, 0.1) is 0 Å². The van der Waals surface area contributed by atoms with Crippen LogP contribution in [0.25, 0.3) is 0 Å². The van der Waals surface area contributed by atoms with Crippen molar-refractivity contribution in [1.29, 1.82) is 0 Å². The summed E-state index contributed by atoms with van der Waals surface area (Å²) in [4.78, 5) is 13.5. The molecule has 2 atom stereocenters. The van der Waals surface area contributed by atoms with E-state index in [9.17, 15) is 13.6 Å². The van der Waals surface area contributed by atoms with Gasteiger partial charge in [0.25, 0.3) is 12.3 Å². The van der Waals surface area contributed by atoms with Gasteiger partial charge in [0.1, 0.15) is 6.10 Å². The molecule has 7 heteroatoms. The van der Waals surface area contributed by atoms with E-state index in [2.05, 4.69) is 0 Å². The topological polar surface area (TPSA) is 55.6 Å². The average molecular weight is 335 g/mol. The zero-order valence-electron chi connectivity index (χ0n) is 12.2. The van der Waals surface area contributed by atoms with E-state index in [1.165, 1.54) is 4.90 Å². The third-order valence-electron chi connectivity index (χ3n) is 3.53. The molecule has 1 heterocycles. The second-order valence-electron chi connectivity index (χ2n) is 5.16. The highest BCUT2D eigenvalue weighted by atomic mass is 35.5. The zero-order valence-corrected chi connectivity index (χ0v) is 13.0. The van der Waals surface area contributed by atoms with Crippen molar-refractivity contribution in [2.24, 2.45) is 5.73 Å². The van der Waals surface area contributed by atoms with E-state index in [0.29, 0.717) is 19.4 Å². The Labute approximate surface area is 135 Å². The van der Waals surface area contributed by atoms with E-state index >= 15 is 0 Å². The molecule has 4 nitrogen and oxygen atoms in total. The molecule has 0 bridgehead atoms. The number of amides is 1. The molecule has 0 aromatic heterocycles. The highest BCUT2D eigenvalue weighted by Gasteiger charge is 2.33. The number of rotatable bonds is 6. The van der Waals surface area contributed by atoms with Crippen LogP contribution in [-0.4, -0.2) is 42.5 Å². The van der Waals surface area contributed by atoms with Gasteiger partial charge in [0.2, 0.25) is 0 Å². The van der Waals surface area contributed by atoms with Crippen LogP contribution < -0.4 is 5.73 Å². The molecule has 0 spiro atoms. The molecule has 2 rings (SSSR count). The molecule has 1 fully saturated rings. The monoisotopic (exact) mass is 334 g/mol. The van der Waals surface area contributed by atoms with Gasteiger partial charge in [0.05, 0.1) is 12.6 Å². The van der Waals surface area contributed by atoms with Crippen molar-refractivity contribution in [2.45, 2.75) is 38.0 Å². The molecular weight excluding hydrogens is 314 g/mol. The standard InChI is InChI=1S/C15H20F2N2O2.ClH/c16-14(17)10-19(9-11-4-2-1-3-5-11)15(20)13-7-6-12(8-18)21-13;/h1-5,12-14H,6-10,18H2;1H/t12-,13+;/m1./s1. The van der Waals surface area contributed by atoms with Crippen LogP contribution in [0.4, 0.5) is 8.78 Å². The van der Waals surface area contributed by atoms with Crippen molar-refractivity contribution < 1.29 is 18.3 Å². The summed E-state index contributed by atoms with van der Waals surface area (Å²) in [6, 6.07) is 9.09. The fourth-order valence-corrected chi connectivity index (χ4v) is 2.47. The fourth-order valence-electron chi connectivity index (χ4n) is 2.47. The third kappa shape index (κ3) is 5.19. The molecular formula is C15H21ClF2N2O2. The Morgan fingerprint density at radius 1 is 1.32 bits per heavy atom. The van der Waals surface area contributed by atoms with E-state index < -0.39 is 19.1 Å². The number of ether oxygens (including phenoxy) is 1. The van der Waals surface area contributed by atoms with Crippen molar-refractivity contribution in [3.63, 3.8) is 0 Å². The molecule has 1 saturated heterocycles. The van der Waals surface area contributed by atoms with E-state index in [-0.39, 0.29) is 31.0 Å². The van der Waals surface area contributed by atoms with Crippen LogP contribution in [0.15, 0.2) is 30.3 Å². The van der Waals surface area contributed by atoms with Crippen LogP contribution in [0.3, 0.4) is 0 Å². The van der Waals surface area contributed by atoms with Gasteiger partial charge < -0.3 is 15.4 Å². The van der Waals surface area contributed by atoms with Crippen molar-refractivity contribution in [1.82, 2.24) is 4.90 Å². The molecule has 2 N–H and O–H groups in total. The minimum atomic E-state index is -2.57. The second-order valence-corrected chi connectivity index (χ2v) is 5.16. The Balaban J connectivity index is 0.00000242. The predicted molar refractivity (Wildman–Crippen MR) is 82.1 cm³/mol. The fraction of sp³-hybridized carbons (Fsp3) is 0.533. The molecule has 0 unspecified atom stereocenters. The van der Waals surface area contributed by atoms with Gasteiger partial charge in [-0.15, -0.1) is 12.4 Å². The van der Waals surface area contributed by atoms with E-state index in [1.54, 1.807) is 0 Å². The van der Waals surface area contributed by atoms with Crippen molar-refractivity contribution in [3.05, 3.63) is 35.9 Å². The van der Waals surface area contributed by atoms with Crippen LogP contribution in [0.1, 0.15) is 18.4 Å². The van der Waals surface area contributed by atoms with Crippen LogP contribution in [0.2, 0.25) is 0 Å². The van der Waals surface area contributed by atoms with Crippen molar-refractivity contribution >= 4 is 18.3 Å². The number of hydrogen-bond donors (Lipinski definition) is 1. The van der Waals surface area contributed by atoms with E-state index in [1.807, 2.05) is 30.3 Å². The predicted octanol–water partition coefficient (Wildman–Crippen LogP) is 2.21. The SMILES string of the molecule is Cl.NC[C@H]1CC[C@@H](C(=O)N(Cc2ccccc2)CC(F)F)O1. The summed E-state index contributed by atoms with van der Waals surface area (Å²) in [5, 5.41) is 0. The molecule has 0 saturated carbocycles. The lowest BCUT2D eigenvalue weighted by Gasteiger charge is -2.25. The Hall–Kier alpha value is -1.24. The largest absolute Gasteiger partial charge is 0.364 e. The van der Waals surface area contributed by atoms with Gasteiger partial charge in [-0.25, -0.2) is 8.78 Å². The number of benzene rings is 1. The highest BCUT2D eigenvalue weighted by molar-refractivity contribution is 5.85. The van der Waals surface area contributed by atoms with Gasteiger partial charge in [-0.05, 0) is 18.4 Å². The van der Waals surface area contributed by atoms with Crippen LogP contribution in [0.5, 0.6) is 0 Å². The molecule has 0 radical (unpaired) electrons. The van der Waals surface area contributed by atoms with Crippen molar-refractivity contribution in [3.8, 4) is 0 Å². The summed E-state index contributed by atoms with van der Waals surface area (Å²) >= 11 is 0. The average Bonchev–Trinajstić information content (AvgIpc) is 2.95. The lowest BCUT2D eigenvalue weighted by molar-refractivity contribution is -0.145. The third-order valence-corrected chi connectivity index (χ3v) is 3.53. The summed E-state index contributed by atoms with van der Waals surface area (Å²) in [7, 11) is 0. The van der Waals surface area contributed by atoms with Gasteiger partial charge in [-0.2, -0.15) is 0 Å². The number of nitrogens with two attached hydrogens (primary N) is 1. The minimum absolute atomic E-state index is 0. The highest BCUT2D eigenvalue weighted by Crippen LogP contribution is 2.22. The van der Waals surface area contributed by atoms with Crippen LogP contribution >= 0.6 is 12.4 Å². The second kappa shape index (κ2) is 9.02. The first kappa shape index (κ1) is 18.8. The van der Waals surface area contributed by atoms with Gasteiger partial charge >= 0.3 is 0 Å². The van der Waals surface area contributed by atoms with Gasteiger partial charge in [0, 0.05) is 13.1 Å². The maximum absolute atomic E-state index is 12.7. The lowest BCUT2D eigenvalue weighted by atomic mass is 10.1. The first-order valence-electron chi connectivity index (χ1n) is 7.06. The molecule has 1 aliphatic heterocycles. The smallest absolute Gasteiger partial charge is 0.255 e. The normalized spacial score (nSPS) is 20.7. The Bertz CT molecular complexity index is 462. The lowest BCUT2D eigenvalue weighted by Crippen LogP contribution is -2.41. The van der Waals surface area contributed by atoms with Crippen molar-refractivity contribution in [2.75, 3.05) is 13.1 Å². The number of carbonyl (C=O) groups excluding carboxylic acids is 1. The minimum Gasteiger partial charge on any atom is -0.364 e. The Morgan fingerprint density at radius 2 is 2.00 bits per heavy atom. The molecule has 124 valence electrons. The summed E-state index contributed by atoms with van der Waals surface area (Å²) in [6.07, 6.45) is -2.13. The number of nitrogens with zero attached hydrogens (tertiary/aromatic N) is 1. The van der Waals surface area contributed by atoms with Gasteiger partial charge in [-0.3, -0.25) is 4.79 Å². The van der Waals surface area contributed by atoms with E-state index in [4.69, 9.17) is 10.5 Å². The maximum Gasteiger partial charge on any atom is 0.255 e. The summed E-state index contributed by atoms with van der Waals surface area (Å²) in [5.41, 5.74) is 6.33. The summed E-state index contributed by atoms with van der Waals surface area (Å²) in [6.45, 7) is -0.0741. The first-order chi connectivity index (χ1) is 10.1. The molecule has 0 aliphatic carbocycles. The van der Waals surface area contributed by atoms with Gasteiger partial charge in [-0.1, -0.05) is 30.3 Å². The molecule has 1 aliphatic rings. The molecule has 1 aromatic rings. The van der Waals surface area contributed by atoms with E-state index in [0.717, 1.165) is 5.56 Å². The molecule has 1 amide bonds. The molecule has 1 aromatic carbocycles. The van der Waals surface area contributed by atoms with Gasteiger partial charge in [0.15, 0.2) is 0 Å². The van der Waals surface area contributed by atoms with Crippen LogP contribution in [-0.2, 0) is 16.1 Å². The first-order valence-corrected chi connectivity index (χ1v) is 7.06. The number of alkyl halides is 2. The Kier molecular flexibility index (Phi) is 7.72. The summed E-state index contributed by atoms with van der Waals surface area (Å²) < 4.78 is 31.0. The number of hydrogen-bond acceptors (Lipinski definition) is 3. The Morgan fingerprint density at radius 3 is 2.55 bits per heavy atom. The number of halogens is 3. The summed E-state index contributed by atoms with van der Waals surface area (Å²) in [5.74, 6) is -0.380.